The lowest BCUT2D eigenvalue weighted by molar-refractivity contribution is 0.0743. The van der Waals surface area contributed by atoms with Crippen LogP contribution in [0.2, 0.25) is 0 Å². The predicted molar refractivity (Wildman–Crippen MR) is 121 cm³/mol. The number of nitrogens with one attached hydrogen (secondary N) is 1. The van der Waals surface area contributed by atoms with Crippen LogP contribution < -0.4 is 5.43 Å². The number of piperidine rings is 1. The third kappa shape index (κ3) is 3.49. The highest BCUT2D eigenvalue weighted by Crippen LogP contribution is 2.42. The van der Waals surface area contributed by atoms with E-state index in [9.17, 15) is 4.79 Å². The first-order valence-electron chi connectivity index (χ1n) is 10.5. The molecule has 7 heteroatoms. The molecule has 30 heavy (non-hydrogen) atoms. The number of carbonyl (C=O) groups excluding carboxylic acids is 1. The second-order valence-electron chi connectivity index (χ2n) is 8.29. The molecule has 5 rings (SSSR count). The van der Waals surface area contributed by atoms with Gasteiger partial charge in [-0.25, -0.2) is 9.69 Å². The normalized spacial score (nSPS) is 21.0. The zero-order valence-electron chi connectivity index (χ0n) is 16.9. The van der Waals surface area contributed by atoms with Gasteiger partial charge >= 0.3 is 0 Å². The minimum atomic E-state index is -0.293. The molecule has 0 radical (unpaired) electrons. The lowest BCUT2D eigenvalue weighted by atomic mass is 10.1. The Balaban J connectivity index is 1.59. The van der Waals surface area contributed by atoms with Crippen molar-refractivity contribution in [3.63, 3.8) is 0 Å². The van der Waals surface area contributed by atoms with Gasteiger partial charge in [0.05, 0.1) is 16.8 Å². The number of fused-ring (bicyclic) bond motifs is 3. The Morgan fingerprint density at radius 2 is 2.00 bits per heavy atom. The fourth-order valence-electron chi connectivity index (χ4n) is 4.58. The summed E-state index contributed by atoms with van der Waals surface area (Å²) in [6, 6.07) is 6.41. The summed E-state index contributed by atoms with van der Waals surface area (Å²) in [6.07, 6.45) is 8.45. The molecule has 2 aliphatic carbocycles. The number of aromatic nitrogens is 2. The summed E-state index contributed by atoms with van der Waals surface area (Å²) >= 11 is 12.8. The summed E-state index contributed by atoms with van der Waals surface area (Å²) < 4.78 is 1.86. The molecule has 3 aliphatic rings. The number of amides is 1. The van der Waals surface area contributed by atoms with E-state index in [0.717, 1.165) is 53.5 Å². The lowest BCUT2D eigenvalue weighted by Crippen LogP contribution is -2.45. The van der Waals surface area contributed by atoms with E-state index in [0.29, 0.717) is 18.5 Å². The van der Waals surface area contributed by atoms with Crippen molar-refractivity contribution in [1.29, 1.82) is 0 Å². The van der Waals surface area contributed by atoms with Crippen molar-refractivity contribution in [3.8, 4) is 11.3 Å². The predicted octanol–water partition coefficient (Wildman–Crippen LogP) is 4.87. The summed E-state index contributed by atoms with van der Waals surface area (Å²) in [4.78, 5) is 13.2. The number of nitrogens with zero attached hydrogens (tertiary/aromatic N) is 3. The van der Waals surface area contributed by atoms with Crippen LogP contribution in [0.25, 0.3) is 17.0 Å². The van der Waals surface area contributed by atoms with Gasteiger partial charge in [0.15, 0.2) is 5.69 Å². The molecule has 0 saturated carbocycles. The van der Waals surface area contributed by atoms with Gasteiger partial charge in [-0.15, -0.1) is 11.6 Å². The smallest absolute Gasteiger partial charge is 0.283 e. The van der Waals surface area contributed by atoms with E-state index in [1.165, 1.54) is 17.5 Å². The molecule has 0 bridgehead atoms. The maximum absolute atomic E-state index is 13.2. The number of carbonyl (C=O) groups is 1. The van der Waals surface area contributed by atoms with Crippen LogP contribution in [-0.4, -0.2) is 39.2 Å². The lowest BCUT2D eigenvalue weighted by Gasteiger charge is -2.26. The highest BCUT2D eigenvalue weighted by Gasteiger charge is 2.33. The number of aryl methyl sites for hydroxylation is 1. The molecule has 1 unspecified atom stereocenters. The van der Waals surface area contributed by atoms with Crippen LogP contribution in [0, 0.1) is 6.92 Å². The molecule has 5 nitrogen and oxygen atoms in total. The number of hydrazine groups is 1. The van der Waals surface area contributed by atoms with Crippen LogP contribution in [-0.2, 0) is 6.42 Å². The number of hydrogen-bond acceptors (Lipinski definition) is 3. The van der Waals surface area contributed by atoms with E-state index in [4.69, 9.17) is 28.3 Å². The minimum absolute atomic E-state index is 0.146. The van der Waals surface area contributed by atoms with Crippen molar-refractivity contribution in [3.05, 3.63) is 57.8 Å². The van der Waals surface area contributed by atoms with Gasteiger partial charge in [0, 0.05) is 42.1 Å². The van der Waals surface area contributed by atoms with Crippen LogP contribution in [0.15, 0.2) is 35.4 Å². The van der Waals surface area contributed by atoms with Gasteiger partial charge in [0.2, 0.25) is 0 Å². The van der Waals surface area contributed by atoms with E-state index < -0.39 is 0 Å². The maximum atomic E-state index is 13.2. The molecule has 1 aromatic carbocycles. The average molecular weight is 443 g/mol. The standard InChI is InChI=1S/C23H24Cl2N4O/c1-14-5-7-17-15(11-14)12-18-21(23(30)27-28-9-3-2-4-10-28)26-29(22(17)18)20-8-6-16(24)13-19(20)25/h5-8,11,19H,2-4,9-10,12-13H2,1H3,(H,27,30). The van der Waals surface area contributed by atoms with E-state index in [1.807, 2.05) is 21.8 Å². The summed E-state index contributed by atoms with van der Waals surface area (Å²) in [5, 5.41) is 7.21. The van der Waals surface area contributed by atoms with Gasteiger partial charge in [-0.1, -0.05) is 41.8 Å². The first-order valence-corrected chi connectivity index (χ1v) is 11.3. The number of benzene rings is 1. The first-order chi connectivity index (χ1) is 14.5. The Morgan fingerprint density at radius 1 is 1.20 bits per heavy atom. The van der Waals surface area contributed by atoms with Gasteiger partial charge in [-0.3, -0.25) is 10.2 Å². The molecule has 2 heterocycles. The van der Waals surface area contributed by atoms with E-state index in [2.05, 4.69) is 30.5 Å². The van der Waals surface area contributed by atoms with Crippen LogP contribution in [0.5, 0.6) is 0 Å². The summed E-state index contributed by atoms with van der Waals surface area (Å²) in [5.74, 6) is -0.146. The van der Waals surface area contributed by atoms with E-state index in [1.54, 1.807) is 0 Å². The molecular weight excluding hydrogens is 419 g/mol. The molecule has 156 valence electrons. The summed E-state index contributed by atoms with van der Waals surface area (Å²) in [7, 11) is 0. The quantitative estimate of drug-likeness (QED) is 0.588. The van der Waals surface area contributed by atoms with Gasteiger partial charge in [0.1, 0.15) is 0 Å². The van der Waals surface area contributed by atoms with Crippen molar-refractivity contribution < 1.29 is 4.79 Å². The largest absolute Gasteiger partial charge is 0.286 e. The molecule has 1 aliphatic heterocycles. The van der Waals surface area contributed by atoms with Crippen molar-refractivity contribution in [2.24, 2.45) is 0 Å². The third-order valence-corrected chi connectivity index (χ3v) is 6.73. The molecule has 1 N–H and O–H groups in total. The van der Waals surface area contributed by atoms with Crippen molar-refractivity contribution in [2.45, 2.75) is 44.4 Å². The van der Waals surface area contributed by atoms with Crippen LogP contribution in [0.4, 0.5) is 0 Å². The first kappa shape index (κ1) is 19.9. The highest BCUT2D eigenvalue weighted by atomic mass is 35.5. The van der Waals surface area contributed by atoms with Gasteiger partial charge < -0.3 is 0 Å². The second-order valence-corrected chi connectivity index (χ2v) is 9.30. The Bertz CT molecular complexity index is 1080. The molecule has 0 spiro atoms. The minimum Gasteiger partial charge on any atom is -0.283 e. The molecule has 1 aromatic heterocycles. The monoisotopic (exact) mass is 442 g/mol. The number of alkyl halides is 1. The average Bonchev–Trinajstić information content (AvgIpc) is 3.25. The fourth-order valence-corrected chi connectivity index (χ4v) is 5.21. The van der Waals surface area contributed by atoms with Crippen LogP contribution >= 0.6 is 23.2 Å². The third-order valence-electron chi connectivity index (χ3n) is 6.07. The molecule has 1 saturated heterocycles. The Labute approximate surface area is 186 Å². The van der Waals surface area contributed by atoms with Gasteiger partial charge in [0.25, 0.3) is 5.91 Å². The van der Waals surface area contributed by atoms with E-state index >= 15 is 0 Å². The molecule has 1 amide bonds. The number of rotatable bonds is 3. The van der Waals surface area contributed by atoms with E-state index in [-0.39, 0.29) is 11.3 Å². The molecule has 1 atom stereocenters. The zero-order chi connectivity index (χ0) is 20.8. The number of allylic oxidation sites excluding steroid dienone is 4. The number of halogens is 2. The summed E-state index contributed by atoms with van der Waals surface area (Å²) in [5.41, 5.74) is 9.89. The molecule has 1 fully saturated rings. The highest BCUT2D eigenvalue weighted by molar-refractivity contribution is 6.32. The Morgan fingerprint density at radius 3 is 2.77 bits per heavy atom. The topological polar surface area (TPSA) is 50.2 Å². The summed E-state index contributed by atoms with van der Waals surface area (Å²) in [6.45, 7) is 3.85. The molecular formula is C23H24Cl2N4O. The van der Waals surface area contributed by atoms with Crippen LogP contribution in [0.3, 0.4) is 0 Å². The second kappa shape index (κ2) is 7.88. The van der Waals surface area contributed by atoms with Gasteiger partial charge in [-0.05, 0) is 37.5 Å². The van der Waals surface area contributed by atoms with Crippen molar-refractivity contribution >= 4 is 34.8 Å². The SMILES string of the molecule is Cc1ccc2c(c1)Cc1c(C(=O)NN3CCCCC3)nn(C3=CC=C(Cl)CC3Cl)c1-2. The van der Waals surface area contributed by atoms with Gasteiger partial charge in [-0.2, -0.15) is 5.10 Å². The van der Waals surface area contributed by atoms with Crippen molar-refractivity contribution in [1.82, 2.24) is 20.2 Å². The maximum Gasteiger partial charge on any atom is 0.286 e. The zero-order valence-corrected chi connectivity index (χ0v) is 18.4. The van der Waals surface area contributed by atoms with Crippen LogP contribution in [0.1, 0.15) is 52.9 Å². The fraction of sp³-hybridized carbons (Fsp3) is 0.391. The molecule has 2 aromatic rings. The van der Waals surface area contributed by atoms with Crippen molar-refractivity contribution in [2.75, 3.05) is 13.1 Å². The Kier molecular flexibility index (Phi) is 5.21. The Hall–Kier alpha value is -2.08. The number of hydrogen-bond donors (Lipinski definition) is 1.